The lowest BCUT2D eigenvalue weighted by molar-refractivity contribution is 0.0191. The Morgan fingerprint density at radius 1 is 0.933 bits per heavy atom. The molecule has 0 fully saturated rings. The zero-order valence-corrected chi connectivity index (χ0v) is 10.7. The Balaban J connectivity index is 3.14. The average Bonchev–Trinajstić information content (AvgIpc) is 2.17. The number of ether oxygens (including phenoxy) is 1. The van der Waals surface area contributed by atoms with Crippen LogP contribution < -0.4 is 0 Å². The third-order valence-electron chi connectivity index (χ3n) is 2.93. The zero-order valence-electron chi connectivity index (χ0n) is 10.7. The van der Waals surface area contributed by atoms with Crippen LogP contribution in [-0.4, -0.2) is 7.11 Å². The average molecular weight is 206 g/mol. The molecule has 0 aliphatic rings. The van der Waals surface area contributed by atoms with Crippen LogP contribution >= 0.6 is 0 Å². The highest BCUT2D eigenvalue weighted by Gasteiger charge is 2.21. The van der Waals surface area contributed by atoms with Gasteiger partial charge >= 0.3 is 0 Å². The quantitative estimate of drug-likeness (QED) is 0.714. The van der Waals surface area contributed by atoms with Gasteiger partial charge in [-0.25, -0.2) is 0 Å². The van der Waals surface area contributed by atoms with Gasteiger partial charge in [0.1, 0.15) is 0 Å². The van der Waals surface area contributed by atoms with Gasteiger partial charge in [-0.2, -0.15) is 0 Å². The molecule has 0 aliphatic carbocycles. The van der Waals surface area contributed by atoms with E-state index in [9.17, 15) is 0 Å². The Morgan fingerprint density at radius 2 is 1.47 bits per heavy atom. The van der Waals surface area contributed by atoms with Crippen LogP contribution in [0.3, 0.4) is 0 Å². The van der Waals surface area contributed by atoms with Gasteiger partial charge in [-0.1, -0.05) is 45.0 Å². The van der Waals surface area contributed by atoms with Crippen molar-refractivity contribution in [1.82, 2.24) is 0 Å². The zero-order chi connectivity index (χ0) is 11.7. The molecule has 0 bridgehead atoms. The molecule has 84 valence electrons. The Kier molecular flexibility index (Phi) is 3.25. The second-order valence-corrected chi connectivity index (χ2v) is 5.55. The van der Waals surface area contributed by atoms with Crippen LogP contribution in [0.1, 0.15) is 45.7 Å². The van der Waals surface area contributed by atoms with Gasteiger partial charge < -0.3 is 4.74 Å². The van der Waals surface area contributed by atoms with E-state index in [1.807, 2.05) is 0 Å². The normalized spacial score (nSPS) is 12.9. The summed E-state index contributed by atoms with van der Waals surface area (Å²) in [5.74, 6) is 0. The lowest BCUT2D eigenvalue weighted by atomic mass is 9.84. The van der Waals surface area contributed by atoms with E-state index in [2.05, 4.69) is 58.9 Å². The number of benzene rings is 1. The molecule has 0 heterocycles. The van der Waals surface area contributed by atoms with Gasteiger partial charge in [0.15, 0.2) is 0 Å². The summed E-state index contributed by atoms with van der Waals surface area (Å²) in [5, 5.41) is 0. The summed E-state index contributed by atoms with van der Waals surface area (Å²) in [5.41, 5.74) is 2.57. The minimum absolute atomic E-state index is 0.194. The first-order valence-corrected chi connectivity index (χ1v) is 5.43. The molecule has 15 heavy (non-hydrogen) atoms. The summed E-state index contributed by atoms with van der Waals surface area (Å²) in [6.07, 6.45) is 0. The molecule has 1 aromatic rings. The summed E-state index contributed by atoms with van der Waals surface area (Å²) < 4.78 is 5.49. The van der Waals surface area contributed by atoms with Gasteiger partial charge in [0.05, 0.1) is 5.60 Å². The van der Waals surface area contributed by atoms with Crippen LogP contribution in [0.4, 0.5) is 0 Å². The molecule has 0 saturated heterocycles. The van der Waals surface area contributed by atoms with Crippen molar-refractivity contribution in [3.63, 3.8) is 0 Å². The van der Waals surface area contributed by atoms with Gasteiger partial charge in [-0.3, -0.25) is 0 Å². The third kappa shape index (κ3) is 2.82. The van der Waals surface area contributed by atoms with Crippen LogP contribution in [0, 0.1) is 0 Å². The second-order valence-electron chi connectivity index (χ2n) is 5.55. The summed E-state index contributed by atoms with van der Waals surface area (Å²) in [7, 11) is 1.75. The van der Waals surface area contributed by atoms with Crippen LogP contribution in [0.25, 0.3) is 0 Å². The van der Waals surface area contributed by atoms with Crippen LogP contribution in [0.15, 0.2) is 24.3 Å². The van der Waals surface area contributed by atoms with Crippen molar-refractivity contribution < 1.29 is 4.74 Å². The van der Waals surface area contributed by atoms with E-state index in [-0.39, 0.29) is 11.0 Å². The first-order valence-electron chi connectivity index (χ1n) is 5.43. The molecule has 0 spiro atoms. The molecule has 0 amide bonds. The highest BCUT2D eigenvalue weighted by molar-refractivity contribution is 5.31. The topological polar surface area (TPSA) is 9.23 Å². The molecular weight excluding hydrogens is 184 g/mol. The number of rotatable bonds is 2. The molecule has 0 unspecified atom stereocenters. The summed E-state index contributed by atoms with van der Waals surface area (Å²) >= 11 is 0. The molecule has 1 rings (SSSR count). The molecule has 0 aromatic heterocycles. The molecule has 1 heteroatoms. The first-order chi connectivity index (χ1) is 6.77. The van der Waals surface area contributed by atoms with Gasteiger partial charge in [0.25, 0.3) is 0 Å². The fraction of sp³-hybridized carbons (Fsp3) is 0.571. The highest BCUT2D eigenvalue weighted by atomic mass is 16.5. The Hall–Kier alpha value is -0.820. The molecule has 0 radical (unpaired) electrons. The van der Waals surface area contributed by atoms with E-state index in [1.54, 1.807) is 7.11 Å². The number of hydrogen-bond donors (Lipinski definition) is 0. The number of methoxy groups -OCH3 is 1. The summed E-state index contributed by atoms with van der Waals surface area (Å²) in [6, 6.07) is 8.65. The van der Waals surface area contributed by atoms with Crippen molar-refractivity contribution >= 4 is 0 Å². The highest BCUT2D eigenvalue weighted by Crippen LogP contribution is 2.29. The largest absolute Gasteiger partial charge is 0.374 e. The van der Waals surface area contributed by atoms with E-state index < -0.39 is 0 Å². The smallest absolute Gasteiger partial charge is 0.0871 e. The molecule has 0 aliphatic heterocycles. The van der Waals surface area contributed by atoms with Crippen LogP contribution in [0.5, 0.6) is 0 Å². The maximum absolute atomic E-state index is 5.49. The number of hydrogen-bond acceptors (Lipinski definition) is 1. The summed E-state index contributed by atoms with van der Waals surface area (Å²) in [4.78, 5) is 0. The van der Waals surface area contributed by atoms with E-state index in [0.717, 1.165) is 0 Å². The fourth-order valence-corrected chi connectivity index (χ4v) is 1.48. The van der Waals surface area contributed by atoms with Crippen LogP contribution in [0.2, 0.25) is 0 Å². The maximum atomic E-state index is 5.49. The first kappa shape index (κ1) is 12.3. The minimum atomic E-state index is -0.207. The predicted molar refractivity (Wildman–Crippen MR) is 65.2 cm³/mol. The Bertz CT molecular complexity index is 331. The molecule has 0 saturated carbocycles. The molecule has 0 N–H and O–H groups in total. The second kappa shape index (κ2) is 3.97. The SMILES string of the molecule is COC(C)(C)c1cccc(C(C)(C)C)c1. The van der Waals surface area contributed by atoms with Gasteiger partial charge in [0.2, 0.25) is 0 Å². The lowest BCUT2D eigenvalue weighted by Gasteiger charge is -2.26. The van der Waals surface area contributed by atoms with Crippen LogP contribution in [-0.2, 0) is 15.8 Å². The van der Waals surface area contributed by atoms with Crippen molar-refractivity contribution in [1.29, 1.82) is 0 Å². The van der Waals surface area contributed by atoms with Gasteiger partial charge in [-0.05, 0) is 30.4 Å². The van der Waals surface area contributed by atoms with E-state index in [4.69, 9.17) is 4.74 Å². The lowest BCUT2D eigenvalue weighted by Crippen LogP contribution is -2.21. The van der Waals surface area contributed by atoms with Crippen molar-refractivity contribution in [2.24, 2.45) is 0 Å². The molecule has 1 aromatic carbocycles. The van der Waals surface area contributed by atoms with Gasteiger partial charge in [0, 0.05) is 7.11 Å². The Labute approximate surface area is 93.5 Å². The van der Waals surface area contributed by atoms with Crippen molar-refractivity contribution in [2.45, 2.75) is 45.6 Å². The standard InChI is InChI=1S/C14H22O/c1-13(2,3)11-8-7-9-12(10-11)14(4,5)15-6/h7-10H,1-6H3. The molecule has 0 atom stereocenters. The third-order valence-corrected chi connectivity index (χ3v) is 2.93. The fourth-order valence-electron chi connectivity index (χ4n) is 1.48. The Morgan fingerprint density at radius 3 is 1.93 bits per heavy atom. The summed E-state index contributed by atoms with van der Waals surface area (Å²) in [6.45, 7) is 10.9. The van der Waals surface area contributed by atoms with E-state index >= 15 is 0 Å². The van der Waals surface area contributed by atoms with E-state index in [1.165, 1.54) is 11.1 Å². The van der Waals surface area contributed by atoms with E-state index in [0.29, 0.717) is 0 Å². The molecule has 1 nitrogen and oxygen atoms in total. The molecular formula is C14H22O. The van der Waals surface area contributed by atoms with Crippen molar-refractivity contribution in [3.05, 3.63) is 35.4 Å². The van der Waals surface area contributed by atoms with Crippen molar-refractivity contribution in [2.75, 3.05) is 7.11 Å². The monoisotopic (exact) mass is 206 g/mol. The maximum Gasteiger partial charge on any atom is 0.0871 e. The van der Waals surface area contributed by atoms with Gasteiger partial charge in [-0.15, -0.1) is 0 Å². The van der Waals surface area contributed by atoms with Crippen molar-refractivity contribution in [3.8, 4) is 0 Å². The predicted octanol–water partition coefficient (Wildman–Crippen LogP) is 3.87. The minimum Gasteiger partial charge on any atom is -0.374 e.